The average molecular weight is 393 g/mol. The Morgan fingerprint density at radius 2 is 1.90 bits per heavy atom. The second-order valence-corrected chi connectivity index (χ2v) is 7.78. The van der Waals surface area contributed by atoms with Crippen molar-refractivity contribution >= 4 is 16.9 Å². The van der Waals surface area contributed by atoms with Gasteiger partial charge >= 0.3 is 0 Å². The molecule has 6 nitrogen and oxygen atoms in total. The van der Waals surface area contributed by atoms with E-state index in [-0.39, 0.29) is 24.4 Å². The van der Waals surface area contributed by atoms with Crippen molar-refractivity contribution < 1.29 is 14.3 Å². The van der Waals surface area contributed by atoms with Gasteiger partial charge in [-0.25, -0.2) is 4.98 Å². The lowest BCUT2D eigenvalue weighted by Crippen LogP contribution is -2.34. The van der Waals surface area contributed by atoms with E-state index in [1.54, 1.807) is 0 Å². The maximum absolute atomic E-state index is 12.9. The minimum absolute atomic E-state index is 0.0398. The highest BCUT2D eigenvalue weighted by Crippen LogP contribution is 2.34. The third-order valence-electron chi connectivity index (χ3n) is 5.26. The molecule has 1 aromatic heterocycles. The van der Waals surface area contributed by atoms with Crippen LogP contribution in [0.1, 0.15) is 37.7 Å². The molecule has 0 radical (unpaired) electrons. The smallest absolute Gasteiger partial charge is 0.240 e. The second kappa shape index (κ2) is 8.15. The highest BCUT2D eigenvalue weighted by Gasteiger charge is 2.22. The van der Waals surface area contributed by atoms with Gasteiger partial charge in [0.15, 0.2) is 11.5 Å². The topological polar surface area (TPSA) is 65.4 Å². The van der Waals surface area contributed by atoms with Crippen molar-refractivity contribution in [2.75, 3.05) is 13.2 Å². The van der Waals surface area contributed by atoms with Gasteiger partial charge in [-0.15, -0.1) is 0 Å². The number of imidazole rings is 1. The summed E-state index contributed by atoms with van der Waals surface area (Å²) in [5.74, 6) is 2.53. The Balaban J connectivity index is 1.55. The Bertz CT molecular complexity index is 1030. The van der Waals surface area contributed by atoms with Crippen molar-refractivity contribution in [2.45, 2.75) is 39.8 Å². The molecule has 0 spiro atoms. The van der Waals surface area contributed by atoms with Crippen molar-refractivity contribution in [3.8, 4) is 11.5 Å². The largest absolute Gasteiger partial charge is 0.490 e. The molecule has 1 atom stereocenters. The molecule has 1 amide bonds. The number of ether oxygens (including phenoxy) is 2. The predicted octanol–water partition coefficient (Wildman–Crippen LogP) is 4.02. The highest BCUT2D eigenvalue weighted by atomic mass is 16.5. The summed E-state index contributed by atoms with van der Waals surface area (Å²) in [5, 5.41) is 3.20. The number of benzene rings is 2. The first-order valence-electron chi connectivity index (χ1n) is 10.1. The number of nitrogens with one attached hydrogen (secondary N) is 1. The number of fused-ring (bicyclic) bond motifs is 2. The van der Waals surface area contributed by atoms with Crippen LogP contribution >= 0.6 is 0 Å². The summed E-state index contributed by atoms with van der Waals surface area (Å²) in [5.41, 5.74) is 2.89. The van der Waals surface area contributed by atoms with E-state index in [1.165, 1.54) is 0 Å². The van der Waals surface area contributed by atoms with Gasteiger partial charge in [-0.2, -0.15) is 0 Å². The maximum Gasteiger partial charge on any atom is 0.240 e. The Morgan fingerprint density at radius 1 is 1.14 bits per heavy atom. The molecule has 0 fully saturated rings. The molecule has 4 rings (SSSR count). The molecule has 0 saturated carbocycles. The van der Waals surface area contributed by atoms with Crippen LogP contribution in [0.3, 0.4) is 0 Å². The summed E-state index contributed by atoms with van der Waals surface area (Å²) < 4.78 is 13.5. The quantitative estimate of drug-likeness (QED) is 0.711. The number of amides is 1. The summed E-state index contributed by atoms with van der Waals surface area (Å²) in [6.07, 6.45) is 0.868. The van der Waals surface area contributed by atoms with Crippen LogP contribution < -0.4 is 14.8 Å². The van der Waals surface area contributed by atoms with Gasteiger partial charge < -0.3 is 19.4 Å². The summed E-state index contributed by atoms with van der Waals surface area (Å²) in [7, 11) is 0. The molecule has 2 heterocycles. The average Bonchev–Trinajstić information content (AvgIpc) is 2.87. The lowest BCUT2D eigenvalue weighted by Gasteiger charge is -2.24. The molecule has 3 aromatic rings. The number of hydrogen-bond donors (Lipinski definition) is 1. The molecule has 1 aliphatic heterocycles. The Morgan fingerprint density at radius 3 is 2.69 bits per heavy atom. The fraction of sp³-hybridized carbons (Fsp3) is 0.391. The van der Waals surface area contributed by atoms with Crippen molar-refractivity contribution in [3.05, 3.63) is 53.9 Å². The highest BCUT2D eigenvalue weighted by molar-refractivity contribution is 5.81. The third kappa shape index (κ3) is 4.06. The molecular formula is C23H27N3O3. The first kappa shape index (κ1) is 19.3. The van der Waals surface area contributed by atoms with E-state index in [2.05, 4.69) is 24.1 Å². The SMILES string of the molecule is Cc1nc2ccccc2n1CC(=O)N[C@@H](c1ccc2c(c1)OCCCO2)C(C)C. The first-order chi connectivity index (χ1) is 14.0. The molecule has 0 bridgehead atoms. The van der Waals surface area contributed by atoms with Gasteiger partial charge in [0.05, 0.1) is 30.3 Å². The molecule has 2 aromatic carbocycles. The summed E-state index contributed by atoms with van der Waals surface area (Å²) in [6, 6.07) is 13.7. The van der Waals surface area contributed by atoms with Crippen LogP contribution in [0.5, 0.6) is 11.5 Å². The van der Waals surface area contributed by atoms with Gasteiger partial charge in [0.25, 0.3) is 0 Å². The van der Waals surface area contributed by atoms with E-state index in [1.807, 2.05) is 54.0 Å². The number of nitrogens with zero attached hydrogens (tertiary/aromatic N) is 2. The molecule has 152 valence electrons. The standard InChI is InChI=1S/C23H27N3O3/c1-15(2)23(17-9-10-20-21(13-17)29-12-6-11-28-20)25-22(27)14-26-16(3)24-18-7-4-5-8-19(18)26/h4-5,7-10,13,15,23H,6,11-12,14H2,1-3H3,(H,25,27)/t23-/m1/s1. The van der Waals surface area contributed by atoms with E-state index >= 15 is 0 Å². The molecule has 29 heavy (non-hydrogen) atoms. The van der Waals surface area contributed by atoms with Gasteiger partial charge in [0.2, 0.25) is 5.91 Å². The van der Waals surface area contributed by atoms with E-state index in [9.17, 15) is 4.79 Å². The van der Waals surface area contributed by atoms with Crippen molar-refractivity contribution in [2.24, 2.45) is 5.92 Å². The normalized spacial score (nSPS) is 14.6. The second-order valence-electron chi connectivity index (χ2n) is 7.78. The molecular weight excluding hydrogens is 366 g/mol. The van der Waals surface area contributed by atoms with Crippen molar-refractivity contribution in [1.82, 2.24) is 14.9 Å². The minimum Gasteiger partial charge on any atom is -0.490 e. The predicted molar refractivity (Wildman–Crippen MR) is 112 cm³/mol. The zero-order valence-corrected chi connectivity index (χ0v) is 17.1. The monoisotopic (exact) mass is 393 g/mol. The number of hydrogen-bond acceptors (Lipinski definition) is 4. The Kier molecular flexibility index (Phi) is 5.43. The molecule has 0 unspecified atom stereocenters. The van der Waals surface area contributed by atoms with Crippen LogP contribution in [0.2, 0.25) is 0 Å². The Hall–Kier alpha value is -3.02. The van der Waals surface area contributed by atoms with E-state index < -0.39 is 0 Å². The van der Waals surface area contributed by atoms with Crippen LogP contribution in [-0.4, -0.2) is 28.7 Å². The summed E-state index contributed by atoms with van der Waals surface area (Å²) in [6.45, 7) is 7.67. The van der Waals surface area contributed by atoms with Crippen molar-refractivity contribution in [3.63, 3.8) is 0 Å². The van der Waals surface area contributed by atoms with Crippen molar-refractivity contribution in [1.29, 1.82) is 0 Å². The first-order valence-corrected chi connectivity index (χ1v) is 10.1. The molecule has 0 aliphatic carbocycles. The summed E-state index contributed by atoms with van der Waals surface area (Å²) in [4.78, 5) is 17.5. The lowest BCUT2D eigenvalue weighted by atomic mass is 9.95. The number of rotatable bonds is 5. The number of para-hydroxylation sites is 2. The van der Waals surface area contributed by atoms with Gasteiger partial charge in [-0.3, -0.25) is 4.79 Å². The van der Waals surface area contributed by atoms with Crippen LogP contribution in [0.4, 0.5) is 0 Å². The van der Waals surface area contributed by atoms with E-state index in [0.717, 1.165) is 40.3 Å². The number of aryl methyl sites for hydroxylation is 1. The molecule has 0 saturated heterocycles. The fourth-order valence-electron chi connectivity index (χ4n) is 3.77. The number of carbonyl (C=O) groups is 1. The molecule has 1 aliphatic rings. The van der Waals surface area contributed by atoms with Gasteiger partial charge in [-0.1, -0.05) is 32.0 Å². The number of carbonyl (C=O) groups excluding carboxylic acids is 1. The van der Waals surface area contributed by atoms with E-state index in [4.69, 9.17) is 9.47 Å². The van der Waals surface area contributed by atoms with Gasteiger partial charge in [-0.05, 0) is 42.7 Å². The summed E-state index contributed by atoms with van der Waals surface area (Å²) >= 11 is 0. The maximum atomic E-state index is 12.9. The van der Waals surface area contributed by atoms with Crippen LogP contribution in [0, 0.1) is 12.8 Å². The zero-order chi connectivity index (χ0) is 20.4. The molecule has 6 heteroatoms. The fourth-order valence-corrected chi connectivity index (χ4v) is 3.77. The number of aromatic nitrogens is 2. The van der Waals surface area contributed by atoms with Gasteiger partial charge in [0.1, 0.15) is 12.4 Å². The molecule has 1 N–H and O–H groups in total. The minimum atomic E-state index is -0.116. The van der Waals surface area contributed by atoms with E-state index in [0.29, 0.717) is 13.2 Å². The zero-order valence-electron chi connectivity index (χ0n) is 17.1. The van der Waals surface area contributed by atoms with Crippen LogP contribution in [-0.2, 0) is 11.3 Å². The third-order valence-corrected chi connectivity index (χ3v) is 5.26. The van der Waals surface area contributed by atoms with Crippen LogP contribution in [0.25, 0.3) is 11.0 Å². The lowest BCUT2D eigenvalue weighted by molar-refractivity contribution is -0.122. The van der Waals surface area contributed by atoms with Gasteiger partial charge in [0, 0.05) is 6.42 Å². The van der Waals surface area contributed by atoms with Crippen LogP contribution in [0.15, 0.2) is 42.5 Å². The Labute approximate surface area is 170 Å².